The Morgan fingerprint density at radius 1 is 1.28 bits per heavy atom. The van der Waals surface area contributed by atoms with Crippen molar-refractivity contribution in [2.24, 2.45) is 5.92 Å². The summed E-state index contributed by atoms with van der Waals surface area (Å²) in [6.45, 7) is 1.33. The van der Waals surface area contributed by atoms with Gasteiger partial charge in [0.15, 0.2) is 0 Å². The fourth-order valence-corrected chi connectivity index (χ4v) is 3.22. The molecule has 0 aliphatic heterocycles. The van der Waals surface area contributed by atoms with Gasteiger partial charge in [-0.15, -0.1) is 0 Å². The molecular weight excluding hydrogens is 384 g/mol. The summed E-state index contributed by atoms with van der Waals surface area (Å²) < 4.78 is 8.85. The summed E-state index contributed by atoms with van der Waals surface area (Å²) in [5.41, 5.74) is 2.21. The lowest BCUT2D eigenvalue weighted by Crippen LogP contribution is -2.06. The van der Waals surface area contributed by atoms with Crippen LogP contribution in [-0.2, 0) is 6.54 Å². The lowest BCUT2D eigenvalue weighted by atomic mass is 10.1. The summed E-state index contributed by atoms with van der Waals surface area (Å²) >= 11 is 3.52. The van der Waals surface area contributed by atoms with Crippen molar-refractivity contribution in [3.05, 3.63) is 58.2 Å². The molecule has 1 aliphatic rings. The number of rotatable bonds is 6. The largest absolute Gasteiger partial charge is 0.493 e. The van der Waals surface area contributed by atoms with Crippen LogP contribution in [0.15, 0.2) is 47.1 Å². The fourth-order valence-electron chi connectivity index (χ4n) is 2.81. The van der Waals surface area contributed by atoms with E-state index in [9.17, 15) is 4.79 Å². The third-order valence-corrected chi connectivity index (χ3v) is 4.90. The molecule has 1 N–H and O–H groups in total. The molecule has 0 radical (unpaired) electrons. The molecule has 0 atom stereocenters. The van der Waals surface area contributed by atoms with Crippen molar-refractivity contribution in [1.29, 1.82) is 0 Å². The first-order valence-corrected chi connectivity index (χ1v) is 8.99. The Bertz CT molecular complexity index is 947. The van der Waals surface area contributed by atoms with E-state index < -0.39 is 5.97 Å². The maximum atomic E-state index is 11.1. The van der Waals surface area contributed by atoms with Gasteiger partial charge in [-0.1, -0.05) is 15.9 Å². The molecule has 0 amide bonds. The van der Waals surface area contributed by atoms with Crippen LogP contribution in [0.3, 0.4) is 0 Å². The Morgan fingerprint density at radius 2 is 2.12 bits per heavy atom. The number of hydrogen-bond donors (Lipinski definition) is 1. The van der Waals surface area contributed by atoms with Crippen molar-refractivity contribution >= 4 is 32.8 Å². The Hall–Kier alpha value is -2.34. The van der Waals surface area contributed by atoms with Crippen LogP contribution in [0, 0.1) is 5.92 Å². The second-order valence-electron chi connectivity index (χ2n) is 6.39. The Kier molecular flexibility index (Phi) is 4.21. The molecule has 6 heteroatoms. The van der Waals surface area contributed by atoms with Crippen molar-refractivity contribution in [3.8, 4) is 5.75 Å². The zero-order valence-electron chi connectivity index (χ0n) is 13.5. The number of benzene rings is 2. The second kappa shape index (κ2) is 6.52. The number of hydrogen-bond acceptors (Lipinski definition) is 3. The van der Waals surface area contributed by atoms with E-state index in [1.807, 2.05) is 22.9 Å². The van der Waals surface area contributed by atoms with E-state index in [0.29, 0.717) is 12.5 Å². The molecule has 3 aromatic rings. The molecular formula is C19H17BrN2O3. The number of nitrogens with zero attached hydrogens (tertiary/aromatic N) is 2. The molecule has 1 saturated carbocycles. The highest BCUT2D eigenvalue weighted by atomic mass is 79.9. The lowest BCUT2D eigenvalue weighted by Gasteiger charge is -2.12. The molecule has 2 aromatic carbocycles. The van der Waals surface area contributed by atoms with Gasteiger partial charge >= 0.3 is 5.97 Å². The Labute approximate surface area is 153 Å². The van der Waals surface area contributed by atoms with Gasteiger partial charge in [0.05, 0.1) is 30.4 Å². The standard InChI is InChI=1S/C19H17BrN2O3/c20-16-4-6-18(25-11-12-1-2-12)15(8-16)10-22-17-5-3-13(19(23)24)7-14(17)9-21-22/h3-9,12H,1-2,10-11H2,(H,23,24). The third kappa shape index (κ3) is 3.54. The van der Waals surface area contributed by atoms with Crippen LogP contribution >= 0.6 is 15.9 Å². The SMILES string of the molecule is O=C(O)c1ccc2c(cnn2Cc2cc(Br)ccc2OCC2CC2)c1. The van der Waals surface area contributed by atoms with Gasteiger partial charge in [-0.25, -0.2) is 4.79 Å². The van der Waals surface area contributed by atoms with Crippen LogP contribution in [0.5, 0.6) is 5.75 Å². The monoisotopic (exact) mass is 400 g/mol. The number of carboxylic acid groups (broad SMARTS) is 1. The summed E-state index contributed by atoms with van der Waals surface area (Å²) in [5, 5.41) is 14.4. The van der Waals surface area contributed by atoms with Crippen molar-refractivity contribution < 1.29 is 14.6 Å². The van der Waals surface area contributed by atoms with Gasteiger partial charge in [-0.05, 0) is 55.2 Å². The first-order valence-electron chi connectivity index (χ1n) is 8.20. The molecule has 1 aliphatic carbocycles. The van der Waals surface area contributed by atoms with Gasteiger partial charge in [0, 0.05) is 15.4 Å². The van der Waals surface area contributed by atoms with Gasteiger partial charge in [0.2, 0.25) is 0 Å². The summed E-state index contributed by atoms with van der Waals surface area (Å²) in [4.78, 5) is 11.1. The predicted molar refractivity (Wildman–Crippen MR) is 98.2 cm³/mol. The molecule has 4 rings (SSSR count). The van der Waals surface area contributed by atoms with Gasteiger partial charge < -0.3 is 9.84 Å². The van der Waals surface area contributed by atoms with Crippen LogP contribution in [0.1, 0.15) is 28.8 Å². The minimum Gasteiger partial charge on any atom is -0.493 e. The molecule has 0 unspecified atom stereocenters. The molecule has 5 nitrogen and oxygen atoms in total. The zero-order valence-corrected chi connectivity index (χ0v) is 15.1. The quantitative estimate of drug-likeness (QED) is 0.668. The predicted octanol–water partition coefficient (Wildman–Crippen LogP) is 4.33. The molecule has 1 heterocycles. The van der Waals surface area contributed by atoms with E-state index in [1.165, 1.54) is 12.8 Å². The average Bonchev–Trinajstić information content (AvgIpc) is 3.34. The van der Waals surface area contributed by atoms with E-state index in [1.54, 1.807) is 24.4 Å². The molecule has 128 valence electrons. The van der Waals surface area contributed by atoms with Gasteiger partial charge in [-0.2, -0.15) is 5.10 Å². The number of aromatic nitrogens is 2. The van der Waals surface area contributed by atoms with Crippen molar-refractivity contribution in [2.75, 3.05) is 6.61 Å². The van der Waals surface area contributed by atoms with E-state index in [0.717, 1.165) is 33.3 Å². The second-order valence-corrected chi connectivity index (χ2v) is 7.30. The van der Waals surface area contributed by atoms with E-state index in [4.69, 9.17) is 9.84 Å². The zero-order chi connectivity index (χ0) is 17.4. The minimum atomic E-state index is -0.933. The third-order valence-electron chi connectivity index (χ3n) is 4.40. The molecule has 1 aromatic heterocycles. The van der Waals surface area contributed by atoms with E-state index in [-0.39, 0.29) is 5.56 Å². The molecule has 0 spiro atoms. The highest BCUT2D eigenvalue weighted by Gasteiger charge is 2.22. The number of carbonyl (C=O) groups is 1. The number of halogens is 1. The average molecular weight is 401 g/mol. The van der Waals surface area contributed by atoms with Crippen LogP contribution < -0.4 is 4.74 Å². The van der Waals surface area contributed by atoms with Crippen LogP contribution in [0.2, 0.25) is 0 Å². The fraction of sp³-hybridized carbons (Fsp3) is 0.263. The summed E-state index contributed by atoms with van der Waals surface area (Å²) in [7, 11) is 0. The highest BCUT2D eigenvalue weighted by Crippen LogP contribution is 2.31. The van der Waals surface area contributed by atoms with Gasteiger partial charge in [0.25, 0.3) is 0 Å². The van der Waals surface area contributed by atoms with Crippen LogP contribution in [0.25, 0.3) is 10.9 Å². The first-order chi connectivity index (χ1) is 12.1. The number of aromatic carboxylic acids is 1. The summed E-state index contributed by atoms with van der Waals surface area (Å²) in [6.07, 6.45) is 4.20. The molecule has 1 fully saturated rings. The summed E-state index contributed by atoms with van der Waals surface area (Å²) in [5.74, 6) is 0.634. The first kappa shape index (κ1) is 16.1. The highest BCUT2D eigenvalue weighted by molar-refractivity contribution is 9.10. The summed E-state index contributed by atoms with van der Waals surface area (Å²) in [6, 6.07) is 11.1. The van der Waals surface area contributed by atoms with Crippen LogP contribution in [-0.4, -0.2) is 27.5 Å². The van der Waals surface area contributed by atoms with Gasteiger partial charge in [-0.3, -0.25) is 4.68 Å². The maximum Gasteiger partial charge on any atom is 0.335 e. The van der Waals surface area contributed by atoms with Crippen molar-refractivity contribution in [3.63, 3.8) is 0 Å². The van der Waals surface area contributed by atoms with Crippen molar-refractivity contribution in [1.82, 2.24) is 9.78 Å². The molecule has 0 bridgehead atoms. The minimum absolute atomic E-state index is 0.267. The Morgan fingerprint density at radius 3 is 2.88 bits per heavy atom. The van der Waals surface area contributed by atoms with E-state index >= 15 is 0 Å². The van der Waals surface area contributed by atoms with Gasteiger partial charge in [0.1, 0.15) is 5.75 Å². The number of fused-ring (bicyclic) bond motifs is 1. The smallest absolute Gasteiger partial charge is 0.335 e. The van der Waals surface area contributed by atoms with Crippen LogP contribution in [0.4, 0.5) is 0 Å². The van der Waals surface area contributed by atoms with E-state index in [2.05, 4.69) is 21.0 Å². The normalized spacial score (nSPS) is 14.0. The molecule has 0 saturated heterocycles. The van der Waals surface area contributed by atoms with Crippen molar-refractivity contribution in [2.45, 2.75) is 19.4 Å². The lowest BCUT2D eigenvalue weighted by molar-refractivity contribution is 0.0697. The number of carboxylic acids is 1. The Balaban J connectivity index is 1.64. The topological polar surface area (TPSA) is 64.3 Å². The maximum absolute atomic E-state index is 11.1. The number of ether oxygens (including phenoxy) is 1. The molecule has 25 heavy (non-hydrogen) atoms.